The van der Waals surface area contributed by atoms with Gasteiger partial charge in [-0.05, 0) is 62.2 Å². The van der Waals surface area contributed by atoms with Crippen LogP contribution in [0.1, 0.15) is 25.0 Å². The average molecular weight is 285 g/mol. The van der Waals surface area contributed by atoms with Gasteiger partial charge in [-0.25, -0.2) is 0 Å². The van der Waals surface area contributed by atoms with Crippen molar-refractivity contribution in [3.05, 3.63) is 53.6 Å². The topological polar surface area (TPSA) is 30.5 Å². The average Bonchev–Trinajstić information content (AvgIpc) is 2.47. The van der Waals surface area contributed by atoms with Crippen LogP contribution in [0, 0.1) is 6.92 Å². The predicted octanol–water partition coefficient (Wildman–Crippen LogP) is 4.40. The molecule has 1 N–H and O–H groups in total. The Kier molecular flexibility index (Phi) is 5.09. The molecule has 21 heavy (non-hydrogen) atoms. The molecule has 0 spiro atoms. The minimum atomic E-state index is 0.205. The largest absolute Gasteiger partial charge is 0.497 e. The summed E-state index contributed by atoms with van der Waals surface area (Å²) in [5, 5.41) is 3.44. The molecule has 3 nitrogen and oxygen atoms in total. The lowest BCUT2D eigenvalue weighted by Gasteiger charge is -2.12. The van der Waals surface area contributed by atoms with E-state index in [1.165, 1.54) is 11.1 Å². The SMILES string of the molecule is COc1ccc(NCc2ccc(OC(C)C)cc2)c(C)c1. The number of rotatable bonds is 6. The fourth-order valence-electron chi connectivity index (χ4n) is 2.12. The number of anilines is 1. The molecule has 0 bridgehead atoms. The van der Waals surface area contributed by atoms with Crippen molar-refractivity contribution in [2.45, 2.75) is 33.4 Å². The van der Waals surface area contributed by atoms with Crippen LogP contribution >= 0.6 is 0 Å². The first-order valence-corrected chi connectivity index (χ1v) is 7.22. The lowest BCUT2D eigenvalue weighted by Crippen LogP contribution is -2.06. The first kappa shape index (κ1) is 15.2. The Morgan fingerprint density at radius 3 is 2.24 bits per heavy atom. The summed E-state index contributed by atoms with van der Waals surface area (Å²) >= 11 is 0. The van der Waals surface area contributed by atoms with Gasteiger partial charge in [0.2, 0.25) is 0 Å². The van der Waals surface area contributed by atoms with Crippen LogP contribution in [0.4, 0.5) is 5.69 Å². The van der Waals surface area contributed by atoms with Crippen molar-refractivity contribution >= 4 is 5.69 Å². The quantitative estimate of drug-likeness (QED) is 0.853. The highest BCUT2D eigenvalue weighted by atomic mass is 16.5. The molecule has 0 fully saturated rings. The normalized spacial score (nSPS) is 10.5. The fourth-order valence-corrected chi connectivity index (χ4v) is 2.12. The van der Waals surface area contributed by atoms with E-state index in [1.807, 2.05) is 44.2 Å². The second-order valence-corrected chi connectivity index (χ2v) is 5.34. The number of benzene rings is 2. The fraction of sp³-hybridized carbons (Fsp3) is 0.333. The number of ether oxygens (including phenoxy) is 2. The van der Waals surface area contributed by atoms with Gasteiger partial charge >= 0.3 is 0 Å². The molecule has 3 heteroatoms. The van der Waals surface area contributed by atoms with E-state index >= 15 is 0 Å². The predicted molar refractivity (Wildman–Crippen MR) is 87.3 cm³/mol. The van der Waals surface area contributed by atoms with Crippen molar-refractivity contribution in [1.29, 1.82) is 0 Å². The molecule has 0 aliphatic heterocycles. The van der Waals surface area contributed by atoms with Gasteiger partial charge in [-0.3, -0.25) is 0 Å². The molecule has 0 amide bonds. The van der Waals surface area contributed by atoms with E-state index in [9.17, 15) is 0 Å². The molecule has 0 heterocycles. The molecule has 2 rings (SSSR count). The number of methoxy groups -OCH3 is 1. The van der Waals surface area contributed by atoms with Crippen molar-refractivity contribution in [2.24, 2.45) is 0 Å². The summed E-state index contributed by atoms with van der Waals surface area (Å²) in [5.74, 6) is 1.79. The summed E-state index contributed by atoms with van der Waals surface area (Å²) in [4.78, 5) is 0. The van der Waals surface area contributed by atoms with Gasteiger partial charge in [-0.2, -0.15) is 0 Å². The van der Waals surface area contributed by atoms with E-state index in [1.54, 1.807) is 7.11 Å². The van der Waals surface area contributed by atoms with Crippen LogP contribution in [0.5, 0.6) is 11.5 Å². The third kappa shape index (κ3) is 4.42. The van der Waals surface area contributed by atoms with Crippen LogP contribution in [-0.2, 0) is 6.54 Å². The molecule has 0 saturated heterocycles. The summed E-state index contributed by atoms with van der Waals surface area (Å²) < 4.78 is 10.9. The molecule has 0 aliphatic rings. The van der Waals surface area contributed by atoms with Gasteiger partial charge in [0.05, 0.1) is 13.2 Å². The third-order valence-corrected chi connectivity index (χ3v) is 3.21. The van der Waals surface area contributed by atoms with E-state index < -0.39 is 0 Å². The third-order valence-electron chi connectivity index (χ3n) is 3.21. The minimum absolute atomic E-state index is 0.205. The van der Waals surface area contributed by atoms with Crippen LogP contribution in [0.25, 0.3) is 0 Å². The van der Waals surface area contributed by atoms with Crippen molar-refractivity contribution in [3.63, 3.8) is 0 Å². The lowest BCUT2D eigenvalue weighted by molar-refractivity contribution is 0.242. The zero-order valence-corrected chi connectivity index (χ0v) is 13.1. The molecular formula is C18H23NO2. The van der Waals surface area contributed by atoms with Gasteiger partial charge in [0.1, 0.15) is 11.5 Å². The number of hydrogen-bond donors (Lipinski definition) is 1. The van der Waals surface area contributed by atoms with E-state index in [0.29, 0.717) is 0 Å². The van der Waals surface area contributed by atoms with Crippen molar-refractivity contribution in [3.8, 4) is 11.5 Å². The molecular weight excluding hydrogens is 262 g/mol. The van der Waals surface area contributed by atoms with Gasteiger partial charge in [0, 0.05) is 12.2 Å². The van der Waals surface area contributed by atoms with Crippen molar-refractivity contribution in [2.75, 3.05) is 12.4 Å². The highest BCUT2D eigenvalue weighted by Crippen LogP contribution is 2.22. The van der Waals surface area contributed by atoms with Gasteiger partial charge in [0.25, 0.3) is 0 Å². The maximum absolute atomic E-state index is 5.64. The Balaban J connectivity index is 1.96. The Morgan fingerprint density at radius 2 is 1.67 bits per heavy atom. The molecule has 2 aromatic carbocycles. The van der Waals surface area contributed by atoms with Gasteiger partial charge in [-0.1, -0.05) is 12.1 Å². The van der Waals surface area contributed by atoms with E-state index in [0.717, 1.165) is 23.7 Å². The van der Waals surface area contributed by atoms with Crippen LogP contribution in [0.2, 0.25) is 0 Å². The van der Waals surface area contributed by atoms with Crippen LogP contribution in [0.15, 0.2) is 42.5 Å². The number of hydrogen-bond acceptors (Lipinski definition) is 3. The summed E-state index contributed by atoms with van der Waals surface area (Å²) in [6, 6.07) is 14.2. The van der Waals surface area contributed by atoms with Gasteiger partial charge < -0.3 is 14.8 Å². The van der Waals surface area contributed by atoms with Crippen LogP contribution < -0.4 is 14.8 Å². The first-order valence-electron chi connectivity index (χ1n) is 7.22. The highest BCUT2D eigenvalue weighted by Gasteiger charge is 2.01. The molecule has 0 atom stereocenters. The van der Waals surface area contributed by atoms with Crippen LogP contribution in [-0.4, -0.2) is 13.2 Å². The molecule has 2 aromatic rings. The van der Waals surface area contributed by atoms with E-state index in [4.69, 9.17) is 9.47 Å². The standard InChI is InChI=1S/C18H23NO2/c1-13(2)21-16-7-5-15(6-8-16)12-19-18-10-9-17(20-4)11-14(18)3/h5-11,13,19H,12H2,1-4H3. The number of nitrogens with one attached hydrogen (secondary N) is 1. The van der Waals surface area contributed by atoms with Crippen molar-refractivity contribution < 1.29 is 9.47 Å². The summed E-state index contributed by atoms with van der Waals surface area (Å²) in [6.07, 6.45) is 0.205. The molecule has 0 unspecified atom stereocenters. The second kappa shape index (κ2) is 7.02. The molecule has 0 saturated carbocycles. The summed E-state index contributed by atoms with van der Waals surface area (Å²) in [5.41, 5.74) is 3.52. The summed E-state index contributed by atoms with van der Waals surface area (Å²) in [7, 11) is 1.68. The van der Waals surface area contributed by atoms with Gasteiger partial charge in [-0.15, -0.1) is 0 Å². The lowest BCUT2D eigenvalue weighted by atomic mass is 10.1. The number of aryl methyl sites for hydroxylation is 1. The second-order valence-electron chi connectivity index (χ2n) is 5.34. The summed E-state index contributed by atoms with van der Waals surface area (Å²) in [6.45, 7) is 6.92. The van der Waals surface area contributed by atoms with Gasteiger partial charge in [0.15, 0.2) is 0 Å². The van der Waals surface area contributed by atoms with E-state index in [2.05, 4.69) is 24.4 Å². The monoisotopic (exact) mass is 285 g/mol. The minimum Gasteiger partial charge on any atom is -0.497 e. The zero-order valence-electron chi connectivity index (χ0n) is 13.1. The highest BCUT2D eigenvalue weighted by molar-refractivity contribution is 5.53. The Morgan fingerprint density at radius 1 is 1.00 bits per heavy atom. The molecule has 0 aromatic heterocycles. The molecule has 0 aliphatic carbocycles. The maximum Gasteiger partial charge on any atom is 0.119 e. The smallest absolute Gasteiger partial charge is 0.119 e. The zero-order chi connectivity index (χ0) is 15.2. The maximum atomic E-state index is 5.64. The van der Waals surface area contributed by atoms with E-state index in [-0.39, 0.29) is 6.10 Å². The van der Waals surface area contributed by atoms with Crippen molar-refractivity contribution in [1.82, 2.24) is 0 Å². The first-order chi connectivity index (χ1) is 10.1. The molecule has 0 radical (unpaired) electrons. The molecule has 112 valence electrons. The Labute approximate surface area is 126 Å². The Bertz CT molecular complexity index is 576. The van der Waals surface area contributed by atoms with Crippen LogP contribution in [0.3, 0.4) is 0 Å². The Hall–Kier alpha value is -2.16.